The third-order valence-electron chi connectivity index (χ3n) is 3.66. The van der Waals surface area contributed by atoms with Crippen LogP contribution in [0.15, 0.2) is 42.6 Å². The normalized spacial score (nSPS) is 17.1. The van der Waals surface area contributed by atoms with Crippen molar-refractivity contribution in [2.45, 2.75) is 12.5 Å². The summed E-state index contributed by atoms with van der Waals surface area (Å²) in [5.74, 6) is -0.756. The number of rotatable bonds is 4. The highest BCUT2D eigenvalue weighted by Crippen LogP contribution is 2.21. The van der Waals surface area contributed by atoms with E-state index in [-0.39, 0.29) is 0 Å². The molecular weight excluding hydrogens is 240 g/mol. The third-order valence-corrected chi connectivity index (χ3v) is 3.66. The molecule has 0 spiro atoms. The lowest BCUT2D eigenvalue weighted by Gasteiger charge is -2.23. The lowest BCUT2D eigenvalue weighted by Crippen LogP contribution is -2.41. The minimum Gasteiger partial charge on any atom is -0.480 e. The summed E-state index contributed by atoms with van der Waals surface area (Å²) in [6.45, 7) is 1.44. The number of carboxylic acid groups (broad SMARTS) is 1. The molecule has 19 heavy (non-hydrogen) atoms. The van der Waals surface area contributed by atoms with Crippen LogP contribution < -0.4 is 0 Å². The summed E-state index contributed by atoms with van der Waals surface area (Å²) in [7, 11) is 0. The average molecular weight is 256 g/mol. The maximum absolute atomic E-state index is 11.5. The number of nitrogens with zero attached hydrogens (tertiary/aromatic N) is 1. The van der Waals surface area contributed by atoms with Crippen LogP contribution in [0.5, 0.6) is 0 Å². The summed E-state index contributed by atoms with van der Waals surface area (Å²) in [4.78, 5) is 16.6. The molecule has 0 saturated heterocycles. The van der Waals surface area contributed by atoms with Crippen LogP contribution in [-0.4, -0.2) is 40.1 Å². The van der Waals surface area contributed by atoms with E-state index in [2.05, 4.69) is 4.98 Å². The number of aromatic amines is 1. The van der Waals surface area contributed by atoms with Crippen molar-refractivity contribution in [1.29, 1.82) is 0 Å². The second kappa shape index (κ2) is 4.90. The number of fused-ring (bicyclic) bond motifs is 1. The second-order valence-corrected chi connectivity index (χ2v) is 4.84. The van der Waals surface area contributed by atoms with Crippen LogP contribution in [-0.2, 0) is 11.2 Å². The first-order chi connectivity index (χ1) is 9.25. The van der Waals surface area contributed by atoms with Gasteiger partial charge in [0.1, 0.15) is 6.04 Å². The molecule has 98 valence electrons. The van der Waals surface area contributed by atoms with Gasteiger partial charge in [0.05, 0.1) is 0 Å². The van der Waals surface area contributed by atoms with Crippen LogP contribution >= 0.6 is 0 Å². The Morgan fingerprint density at radius 2 is 2.05 bits per heavy atom. The van der Waals surface area contributed by atoms with Crippen molar-refractivity contribution in [3.63, 3.8) is 0 Å². The Hall–Kier alpha value is -2.07. The zero-order valence-electron chi connectivity index (χ0n) is 10.5. The van der Waals surface area contributed by atoms with Gasteiger partial charge in [0.25, 0.3) is 0 Å². The van der Waals surface area contributed by atoms with E-state index < -0.39 is 12.0 Å². The predicted octanol–water partition coefficient (Wildman–Crippen LogP) is 2.04. The first-order valence-electron chi connectivity index (χ1n) is 6.42. The standard InChI is InChI=1S/C15H16N2O2/c18-15(19)14(17-7-3-4-8-17)9-11-10-16-13-6-2-1-5-12(11)13/h1-6,10,14,16H,7-9H2,(H,18,19). The minimum absolute atomic E-state index is 0.464. The predicted molar refractivity (Wildman–Crippen MR) is 74.1 cm³/mol. The van der Waals surface area contributed by atoms with Crippen molar-refractivity contribution in [3.05, 3.63) is 48.2 Å². The average Bonchev–Trinajstić information content (AvgIpc) is 3.05. The minimum atomic E-state index is -0.756. The zero-order valence-corrected chi connectivity index (χ0v) is 10.5. The smallest absolute Gasteiger partial charge is 0.321 e. The molecule has 1 aromatic carbocycles. The molecule has 2 N–H and O–H groups in total. The Morgan fingerprint density at radius 1 is 1.32 bits per heavy atom. The van der Waals surface area contributed by atoms with Gasteiger partial charge in [-0.15, -0.1) is 0 Å². The quantitative estimate of drug-likeness (QED) is 0.823. The number of para-hydroxylation sites is 1. The third kappa shape index (κ3) is 2.27. The summed E-state index contributed by atoms with van der Waals surface area (Å²) in [5.41, 5.74) is 2.12. The first kappa shape index (κ1) is 12.0. The number of benzene rings is 1. The molecule has 0 amide bonds. The lowest BCUT2D eigenvalue weighted by molar-refractivity contribution is -0.142. The van der Waals surface area contributed by atoms with E-state index in [0.717, 1.165) is 29.6 Å². The summed E-state index contributed by atoms with van der Waals surface area (Å²) < 4.78 is 0. The summed E-state index contributed by atoms with van der Waals surface area (Å²) in [6, 6.07) is 7.53. The van der Waals surface area contributed by atoms with Crippen molar-refractivity contribution in [2.24, 2.45) is 0 Å². The van der Waals surface area contributed by atoms with Crippen LogP contribution in [0.2, 0.25) is 0 Å². The fraction of sp³-hybridized carbons (Fsp3) is 0.267. The molecule has 1 aliphatic heterocycles. The largest absolute Gasteiger partial charge is 0.480 e. The van der Waals surface area contributed by atoms with Gasteiger partial charge in [-0.1, -0.05) is 30.4 Å². The van der Waals surface area contributed by atoms with Crippen molar-refractivity contribution < 1.29 is 9.90 Å². The molecule has 4 heteroatoms. The van der Waals surface area contributed by atoms with Crippen LogP contribution in [0.4, 0.5) is 0 Å². The topological polar surface area (TPSA) is 56.3 Å². The highest BCUT2D eigenvalue weighted by atomic mass is 16.4. The molecule has 1 aliphatic rings. The maximum Gasteiger partial charge on any atom is 0.321 e. The fourth-order valence-electron chi connectivity index (χ4n) is 2.63. The first-order valence-corrected chi connectivity index (χ1v) is 6.42. The number of nitrogens with one attached hydrogen (secondary N) is 1. The van der Waals surface area contributed by atoms with Gasteiger partial charge in [-0.2, -0.15) is 0 Å². The summed E-state index contributed by atoms with van der Waals surface area (Å²) in [6.07, 6.45) is 6.49. The van der Waals surface area contributed by atoms with E-state index in [4.69, 9.17) is 0 Å². The van der Waals surface area contributed by atoms with E-state index in [9.17, 15) is 9.90 Å². The maximum atomic E-state index is 11.5. The number of aromatic nitrogens is 1. The van der Waals surface area contributed by atoms with E-state index in [0.29, 0.717) is 6.42 Å². The van der Waals surface area contributed by atoms with Crippen molar-refractivity contribution in [2.75, 3.05) is 13.1 Å². The van der Waals surface area contributed by atoms with Gasteiger partial charge >= 0.3 is 5.97 Å². The number of hydrogen-bond donors (Lipinski definition) is 2. The highest BCUT2D eigenvalue weighted by molar-refractivity contribution is 5.84. The summed E-state index contributed by atoms with van der Waals surface area (Å²) in [5, 5.41) is 10.5. The van der Waals surface area contributed by atoms with Crippen molar-refractivity contribution in [1.82, 2.24) is 9.88 Å². The Balaban J connectivity index is 1.87. The van der Waals surface area contributed by atoms with Gasteiger partial charge in [-0.05, 0) is 11.6 Å². The molecular formula is C15H16N2O2. The zero-order chi connectivity index (χ0) is 13.2. The van der Waals surface area contributed by atoms with Crippen molar-refractivity contribution >= 4 is 16.9 Å². The number of carboxylic acids is 1. The molecule has 0 saturated carbocycles. The Kier molecular flexibility index (Phi) is 3.09. The van der Waals surface area contributed by atoms with Gasteiger partial charge in [0.15, 0.2) is 0 Å². The van der Waals surface area contributed by atoms with E-state index in [1.165, 1.54) is 0 Å². The second-order valence-electron chi connectivity index (χ2n) is 4.84. The molecule has 0 radical (unpaired) electrons. The Labute approximate surface area is 111 Å². The van der Waals surface area contributed by atoms with Gasteiger partial charge in [0, 0.05) is 36.6 Å². The van der Waals surface area contributed by atoms with Crippen LogP contribution in [0.1, 0.15) is 5.56 Å². The lowest BCUT2D eigenvalue weighted by atomic mass is 10.0. The number of H-pyrrole nitrogens is 1. The molecule has 1 aromatic heterocycles. The molecule has 0 bridgehead atoms. The number of carbonyl (C=O) groups is 1. The molecule has 1 atom stereocenters. The Morgan fingerprint density at radius 3 is 2.79 bits per heavy atom. The van der Waals surface area contributed by atoms with E-state index >= 15 is 0 Å². The van der Waals surface area contributed by atoms with Crippen LogP contribution in [0.3, 0.4) is 0 Å². The van der Waals surface area contributed by atoms with Crippen LogP contribution in [0, 0.1) is 0 Å². The molecule has 0 aliphatic carbocycles. The van der Waals surface area contributed by atoms with E-state index in [1.807, 2.05) is 47.5 Å². The van der Waals surface area contributed by atoms with Gasteiger partial charge in [-0.25, -0.2) is 0 Å². The molecule has 1 unspecified atom stereocenters. The fourth-order valence-corrected chi connectivity index (χ4v) is 2.63. The van der Waals surface area contributed by atoms with Gasteiger partial charge in [-0.3, -0.25) is 9.69 Å². The highest BCUT2D eigenvalue weighted by Gasteiger charge is 2.26. The number of hydrogen-bond acceptors (Lipinski definition) is 2. The molecule has 4 nitrogen and oxygen atoms in total. The summed E-state index contributed by atoms with van der Waals surface area (Å²) >= 11 is 0. The molecule has 2 heterocycles. The molecule has 0 fully saturated rings. The van der Waals surface area contributed by atoms with Crippen LogP contribution in [0.25, 0.3) is 10.9 Å². The van der Waals surface area contributed by atoms with E-state index in [1.54, 1.807) is 0 Å². The van der Waals surface area contributed by atoms with Gasteiger partial charge in [0.2, 0.25) is 0 Å². The monoisotopic (exact) mass is 256 g/mol. The molecule has 2 aromatic rings. The Bertz CT molecular complexity index is 622. The van der Waals surface area contributed by atoms with Gasteiger partial charge < -0.3 is 10.1 Å². The number of aliphatic carboxylic acids is 1. The SMILES string of the molecule is O=C(O)C(Cc1c[nH]c2ccccc12)N1CC=CC1. The van der Waals surface area contributed by atoms with Crippen molar-refractivity contribution in [3.8, 4) is 0 Å². The molecule has 3 rings (SSSR count).